The molecule has 3 aromatic rings. The van der Waals surface area contributed by atoms with Crippen LogP contribution < -0.4 is 9.64 Å². The maximum Gasteiger partial charge on any atom is 0.263 e. The zero-order valence-electron chi connectivity index (χ0n) is 16.9. The van der Waals surface area contributed by atoms with Crippen molar-refractivity contribution in [3.63, 3.8) is 0 Å². The minimum atomic E-state index is -0.0956. The number of carbonyl (C=O) groups excluding carboxylic acids is 1. The number of hydrogen-bond acceptors (Lipinski definition) is 5. The molecule has 1 aromatic heterocycles. The third-order valence-corrected chi connectivity index (χ3v) is 5.62. The molecule has 0 atom stereocenters. The average Bonchev–Trinajstić information content (AvgIpc) is 3.04. The Kier molecular flexibility index (Phi) is 7.41. The molecule has 0 bridgehead atoms. The Balaban J connectivity index is 0.00000280. The summed E-state index contributed by atoms with van der Waals surface area (Å²) in [5, 5.41) is 0.716. The van der Waals surface area contributed by atoms with E-state index in [2.05, 4.69) is 30.9 Å². The predicted molar refractivity (Wildman–Crippen MR) is 120 cm³/mol. The number of amides is 1. The first-order chi connectivity index (χ1) is 12.9. The van der Waals surface area contributed by atoms with Crippen LogP contribution in [-0.2, 0) is 0 Å². The Hall–Kier alpha value is -2.15. The molecule has 150 valence electrons. The van der Waals surface area contributed by atoms with Crippen LogP contribution in [0.5, 0.6) is 5.75 Å². The number of methoxy groups -OCH3 is 1. The standard InChI is InChI=1S/C21H25N3O2S.ClH/c1-14-12-17-19(13-15(14)2)27-21(22-17)24(11-10-23(3)4)20(25)16-8-6-7-9-18(16)26-5;/h6-9,12-13H,10-11H2,1-5H3;1H. The summed E-state index contributed by atoms with van der Waals surface area (Å²) >= 11 is 1.55. The molecule has 7 heteroatoms. The molecule has 0 fully saturated rings. The molecule has 2 aromatic carbocycles. The Labute approximate surface area is 176 Å². The van der Waals surface area contributed by atoms with Crippen LogP contribution in [0.25, 0.3) is 10.2 Å². The zero-order valence-corrected chi connectivity index (χ0v) is 18.5. The molecule has 28 heavy (non-hydrogen) atoms. The number of para-hydroxylation sites is 1. The number of hydrogen-bond donors (Lipinski definition) is 0. The molecule has 0 aliphatic carbocycles. The monoisotopic (exact) mass is 419 g/mol. The summed E-state index contributed by atoms with van der Waals surface area (Å²) in [6.45, 7) is 5.48. The molecule has 0 unspecified atom stereocenters. The summed E-state index contributed by atoms with van der Waals surface area (Å²) in [7, 11) is 5.58. The number of fused-ring (bicyclic) bond motifs is 1. The lowest BCUT2D eigenvalue weighted by molar-refractivity contribution is 0.0982. The molecule has 1 heterocycles. The van der Waals surface area contributed by atoms with Crippen molar-refractivity contribution in [2.75, 3.05) is 39.2 Å². The van der Waals surface area contributed by atoms with E-state index >= 15 is 0 Å². The Morgan fingerprint density at radius 2 is 1.79 bits per heavy atom. The van der Waals surface area contributed by atoms with E-state index in [-0.39, 0.29) is 18.3 Å². The average molecular weight is 420 g/mol. The van der Waals surface area contributed by atoms with Crippen molar-refractivity contribution in [3.05, 3.63) is 53.1 Å². The van der Waals surface area contributed by atoms with Gasteiger partial charge in [0.05, 0.1) is 22.9 Å². The minimum Gasteiger partial charge on any atom is -0.496 e. The largest absolute Gasteiger partial charge is 0.496 e. The first-order valence-corrected chi connectivity index (χ1v) is 9.69. The van der Waals surface area contributed by atoms with Crippen LogP contribution in [0.2, 0.25) is 0 Å². The summed E-state index contributed by atoms with van der Waals surface area (Å²) in [5.41, 5.74) is 3.91. The summed E-state index contributed by atoms with van der Waals surface area (Å²) < 4.78 is 6.49. The van der Waals surface area contributed by atoms with Gasteiger partial charge in [-0.2, -0.15) is 0 Å². The van der Waals surface area contributed by atoms with Crippen LogP contribution in [0.1, 0.15) is 21.5 Å². The molecule has 0 aliphatic heterocycles. The normalized spacial score (nSPS) is 10.8. The fraction of sp³-hybridized carbons (Fsp3) is 0.333. The second kappa shape index (κ2) is 9.37. The number of ether oxygens (including phenoxy) is 1. The van der Waals surface area contributed by atoms with E-state index in [4.69, 9.17) is 9.72 Å². The molecule has 1 amide bonds. The lowest BCUT2D eigenvalue weighted by atomic mass is 10.1. The van der Waals surface area contributed by atoms with E-state index < -0.39 is 0 Å². The van der Waals surface area contributed by atoms with Gasteiger partial charge in [0.15, 0.2) is 5.13 Å². The van der Waals surface area contributed by atoms with E-state index in [1.165, 1.54) is 11.1 Å². The fourth-order valence-corrected chi connectivity index (χ4v) is 3.90. The van der Waals surface area contributed by atoms with Crippen LogP contribution >= 0.6 is 23.7 Å². The van der Waals surface area contributed by atoms with Gasteiger partial charge in [-0.1, -0.05) is 23.5 Å². The highest BCUT2D eigenvalue weighted by molar-refractivity contribution is 7.22. The van der Waals surface area contributed by atoms with Crippen molar-refractivity contribution < 1.29 is 9.53 Å². The zero-order chi connectivity index (χ0) is 19.6. The predicted octanol–water partition coefficient (Wildman–Crippen LogP) is 4.55. The highest BCUT2D eigenvalue weighted by Crippen LogP contribution is 2.32. The van der Waals surface area contributed by atoms with Gasteiger partial charge in [0.1, 0.15) is 5.75 Å². The number of likely N-dealkylation sites (N-methyl/N-ethyl adjacent to an activating group) is 1. The van der Waals surface area contributed by atoms with Gasteiger partial charge in [-0.3, -0.25) is 9.69 Å². The van der Waals surface area contributed by atoms with Gasteiger partial charge < -0.3 is 9.64 Å². The lowest BCUT2D eigenvalue weighted by Gasteiger charge is -2.22. The van der Waals surface area contributed by atoms with Crippen LogP contribution in [0.4, 0.5) is 5.13 Å². The van der Waals surface area contributed by atoms with Crippen LogP contribution in [-0.4, -0.2) is 50.1 Å². The fourth-order valence-electron chi connectivity index (χ4n) is 2.83. The molecule has 5 nitrogen and oxygen atoms in total. The molecule has 3 rings (SSSR count). The smallest absolute Gasteiger partial charge is 0.263 e. The summed E-state index contributed by atoms with van der Waals surface area (Å²) in [5.74, 6) is 0.479. The van der Waals surface area contributed by atoms with E-state index in [0.29, 0.717) is 23.0 Å². The number of aromatic nitrogens is 1. The number of carbonyl (C=O) groups is 1. The highest BCUT2D eigenvalue weighted by atomic mass is 35.5. The second-order valence-corrected chi connectivity index (χ2v) is 7.87. The maximum absolute atomic E-state index is 13.3. The molecule has 0 N–H and O–H groups in total. The Bertz CT molecular complexity index is 932. The minimum absolute atomic E-state index is 0. The second-order valence-electron chi connectivity index (χ2n) is 6.86. The summed E-state index contributed by atoms with van der Waals surface area (Å²) in [6.07, 6.45) is 0. The molecule has 0 spiro atoms. The van der Waals surface area contributed by atoms with Crippen molar-refractivity contribution in [2.45, 2.75) is 13.8 Å². The molecule has 0 saturated heterocycles. The van der Waals surface area contributed by atoms with Gasteiger partial charge in [-0.05, 0) is 63.3 Å². The molecular formula is C21H26ClN3O2S. The third-order valence-electron chi connectivity index (χ3n) is 4.58. The van der Waals surface area contributed by atoms with Gasteiger partial charge >= 0.3 is 0 Å². The van der Waals surface area contributed by atoms with Gasteiger partial charge in [0, 0.05) is 13.1 Å². The highest BCUT2D eigenvalue weighted by Gasteiger charge is 2.24. The molecule has 0 saturated carbocycles. The van der Waals surface area contributed by atoms with E-state index in [1.54, 1.807) is 29.4 Å². The Morgan fingerprint density at radius 1 is 1.11 bits per heavy atom. The van der Waals surface area contributed by atoms with E-state index in [0.717, 1.165) is 16.8 Å². The Morgan fingerprint density at radius 3 is 2.46 bits per heavy atom. The van der Waals surface area contributed by atoms with Crippen LogP contribution in [0, 0.1) is 13.8 Å². The van der Waals surface area contributed by atoms with E-state index in [9.17, 15) is 4.79 Å². The number of halogens is 1. The quantitative estimate of drug-likeness (QED) is 0.587. The van der Waals surface area contributed by atoms with Crippen molar-refractivity contribution in [1.29, 1.82) is 0 Å². The molecule has 0 aliphatic rings. The first kappa shape index (κ1) is 22.1. The number of nitrogens with zero attached hydrogens (tertiary/aromatic N) is 3. The first-order valence-electron chi connectivity index (χ1n) is 8.88. The van der Waals surface area contributed by atoms with Crippen molar-refractivity contribution in [1.82, 2.24) is 9.88 Å². The number of benzene rings is 2. The number of anilines is 1. The molecule has 0 radical (unpaired) electrons. The van der Waals surface area contributed by atoms with E-state index in [1.807, 2.05) is 32.3 Å². The van der Waals surface area contributed by atoms with Gasteiger partial charge in [-0.15, -0.1) is 12.4 Å². The maximum atomic E-state index is 13.3. The van der Waals surface area contributed by atoms with Gasteiger partial charge in [-0.25, -0.2) is 4.98 Å². The number of thiazole rings is 1. The van der Waals surface area contributed by atoms with Crippen LogP contribution in [0.15, 0.2) is 36.4 Å². The number of rotatable bonds is 6. The van der Waals surface area contributed by atoms with Gasteiger partial charge in [0.25, 0.3) is 5.91 Å². The van der Waals surface area contributed by atoms with Crippen LogP contribution in [0.3, 0.4) is 0 Å². The molecular weight excluding hydrogens is 394 g/mol. The summed E-state index contributed by atoms with van der Waals surface area (Å²) in [6, 6.07) is 11.5. The number of aryl methyl sites for hydroxylation is 2. The van der Waals surface area contributed by atoms with Crippen molar-refractivity contribution >= 4 is 45.0 Å². The third kappa shape index (κ3) is 4.63. The summed E-state index contributed by atoms with van der Waals surface area (Å²) in [4.78, 5) is 21.9. The SMILES string of the molecule is COc1ccccc1C(=O)N(CCN(C)C)c1nc2cc(C)c(C)cc2s1.Cl. The topological polar surface area (TPSA) is 45.7 Å². The van der Waals surface area contributed by atoms with Crippen molar-refractivity contribution in [2.24, 2.45) is 0 Å². The lowest BCUT2D eigenvalue weighted by Crippen LogP contribution is -2.36. The van der Waals surface area contributed by atoms with Gasteiger partial charge in [0.2, 0.25) is 0 Å². The van der Waals surface area contributed by atoms with Crippen molar-refractivity contribution in [3.8, 4) is 5.75 Å².